The zero-order valence-electron chi connectivity index (χ0n) is 13.0. The molecule has 1 heterocycles. The Hall–Kier alpha value is -1.79. The van der Waals surface area contributed by atoms with E-state index in [1.54, 1.807) is 11.8 Å². The molecule has 0 saturated carbocycles. The number of piperazine rings is 1. The Bertz CT molecular complexity index is 447. The number of para-hydroxylation sites is 1. The molecule has 0 bridgehead atoms. The minimum Gasteiger partial charge on any atom is -0.491 e. The quantitative estimate of drug-likeness (QED) is 0.855. The maximum atomic E-state index is 11.6. The van der Waals surface area contributed by atoms with Crippen molar-refractivity contribution in [2.75, 3.05) is 45.9 Å². The van der Waals surface area contributed by atoms with Gasteiger partial charge < -0.3 is 19.5 Å². The first-order chi connectivity index (χ1) is 10.7. The third-order valence-electron chi connectivity index (χ3n) is 3.55. The maximum Gasteiger partial charge on any atom is 0.409 e. The van der Waals surface area contributed by atoms with Gasteiger partial charge in [-0.25, -0.2) is 4.79 Å². The summed E-state index contributed by atoms with van der Waals surface area (Å²) >= 11 is 0. The molecule has 1 aromatic rings. The lowest BCUT2D eigenvalue weighted by atomic mass is 10.2. The average Bonchev–Trinajstić information content (AvgIpc) is 2.55. The Morgan fingerprint density at radius 2 is 1.91 bits per heavy atom. The second kappa shape index (κ2) is 8.60. The van der Waals surface area contributed by atoms with Crippen molar-refractivity contribution in [2.45, 2.75) is 13.0 Å². The summed E-state index contributed by atoms with van der Waals surface area (Å²) in [6, 6.07) is 9.45. The molecule has 0 spiro atoms. The van der Waals surface area contributed by atoms with Gasteiger partial charge in [0.25, 0.3) is 0 Å². The van der Waals surface area contributed by atoms with Crippen molar-refractivity contribution in [3.05, 3.63) is 30.3 Å². The van der Waals surface area contributed by atoms with Gasteiger partial charge in [0.05, 0.1) is 6.61 Å². The number of hydrogen-bond acceptors (Lipinski definition) is 5. The second-order valence-electron chi connectivity index (χ2n) is 5.26. The van der Waals surface area contributed by atoms with E-state index in [-0.39, 0.29) is 12.7 Å². The standard InChI is InChI=1S/C16H24N2O4/c1-2-21-16(20)18-10-8-17(9-11-18)12-14(19)13-22-15-6-4-3-5-7-15/h3-7,14,19H,2,8-13H2,1H3/t14-/m0/s1. The molecule has 0 radical (unpaired) electrons. The van der Waals surface area contributed by atoms with Gasteiger partial charge >= 0.3 is 6.09 Å². The Kier molecular flexibility index (Phi) is 6.48. The van der Waals surface area contributed by atoms with E-state index < -0.39 is 6.10 Å². The van der Waals surface area contributed by atoms with Crippen LogP contribution in [0.15, 0.2) is 30.3 Å². The number of hydrogen-bond donors (Lipinski definition) is 1. The number of rotatable bonds is 6. The van der Waals surface area contributed by atoms with Crippen molar-refractivity contribution in [3.8, 4) is 5.75 Å². The SMILES string of the molecule is CCOC(=O)N1CCN(C[C@H](O)COc2ccccc2)CC1. The van der Waals surface area contributed by atoms with Gasteiger partial charge in [0, 0.05) is 32.7 Å². The molecule has 0 aliphatic carbocycles. The van der Waals surface area contributed by atoms with Gasteiger partial charge in [-0.2, -0.15) is 0 Å². The summed E-state index contributed by atoms with van der Waals surface area (Å²) in [5.41, 5.74) is 0. The second-order valence-corrected chi connectivity index (χ2v) is 5.26. The molecule has 1 N–H and O–H groups in total. The lowest BCUT2D eigenvalue weighted by molar-refractivity contribution is 0.0408. The van der Waals surface area contributed by atoms with Crippen LogP contribution in [-0.4, -0.2) is 73.0 Å². The predicted molar refractivity (Wildman–Crippen MR) is 83.0 cm³/mol. The molecule has 1 aliphatic heterocycles. The Morgan fingerprint density at radius 1 is 1.23 bits per heavy atom. The fraction of sp³-hybridized carbons (Fsp3) is 0.562. The predicted octanol–water partition coefficient (Wildman–Crippen LogP) is 1.20. The summed E-state index contributed by atoms with van der Waals surface area (Å²) in [5.74, 6) is 0.758. The highest BCUT2D eigenvalue weighted by molar-refractivity contribution is 5.67. The fourth-order valence-electron chi connectivity index (χ4n) is 2.39. The monoisotopic (exact) mass is 308 g/mol. The van der Waals surface area contributed by atoms with Crippen LogP contribution in [0.1, 0.15) is 6.92 Å². The first kappa shape index (κ1) is 16.6. The number of β-amino-alcohol motifs (C(OH)–C–C–N with tert-alkyl or cyclic N) is 1. The topological polar surface area (TPSA) is 62.2 Å². The molecule has 1 atom stereocenters. The van der Waals surface area contributed by atoms with E-state index in [1.807, 2.05) is 30.3 Å². The molecule has 0 aromatic heterocycles. The zero-order valence-corrected chi connectivity index (χ0v) is 13.0. The van der Waals surface area contributed by atoms with Crippen LogP contribution in [0, 0.1) is 0 Å². The Morgan fingerprint density at radius 3 is 2.55 bits per heavy atom. The molecule has 1 amide bonds. The van der Waals surface area contributed by atoms with E-state index in [9.17, 15) is 9.90 Å². The van der Waals surface area contributed by atoms with Gasteiger partial charge in [-0.3, -0.25) is 4.90 Å². The van der Waals surface area contributed by atoms with E-state index in [1.165, 1.54) is 0 Å². The molecule has 1 fully saturated rings. The Labute approximate surface area is 131 Å². The van der Waals surface area contributed by atoms with Crippen molar-refractivity contribution in [3.63, 3.8) is 0 Å². The van der Waals surface area contributed by atoms with Gasteiger partial charge in [-0.05, 0) is 19.1 Å². The smallest absolute Gasteiger partial charge is 0.409 e. The van der Waals surface area contributed by atoms with Crippen molar-refractivity contribution in [2.24, 2.45) is 0 Å². The van der Waals surface area contributed by atoms with Crippen LogP contribution < -0.4 is 4.74 Å². The molecule has 6 heteroatoms. The number of aliphatic hydroxyl groups excluding tert-OH is 1. The molecule has 6 nitrogen and oxygen atoms in total. The summed E-state index contributed by atoms with van der Waals surface area (Å²) in [7, 11) is 0. The number of amides is 1. The average molecular weight is 308 g/mol. The number of carbonyl (C=O) groups is 1. The van der Waals surface area contributed by atoms with Gasteiger partial charge in [-0.1, -0.05) is 18.2 Å². The molecule has 122 valence electrons. The van der Waals surface area contributed by atoms with Gasteiger partial charge in [0.15, 0.2) is 0 Å². The highest BCUT2D eigenvalue weighted by Crippen LogP contribution is 2.09. The van der Waals surface area contributed by atoms with Crippen molar-refractivity contribution in [1.82, 2.24) is 9.80 Å². The summed E-state index contributed by atoms with van der Waals surface area (Å²) < 4.78 is 10.5. The lowest BCUT2D eigenvalue weighted by Gasteiger charge is -2.34. The normalized spacial score (nSPS) is 17.1. The summed E-state index contributed by atoms with van der Waals surface area (Å²) in [4.78, 5) is 15.4. The first-order valence-corrected chi connectivity index (χ1v) is 7.69. The number of carbonyl (C=O) groups excluding carboxylic acids is 1. The third-order valence-corrected chi connectivity index (χ3v) is 3.55. The molecular weight excluding hydrogens is 284 g/mol. The van der Waals surface area contributed by atoms with Crippen LogP contribution in [0.4, 0.5) is 4.79 Å². The van der Waals surface area contributed by atoms with E-state index in [2.05, 4.69) is 4.90 Å². The van der Waals surface area contributed by atoms with Crippen LogP contribution in [0.3, 0.4) is 0 Å². The largest absolute Gasteiger partial charge is 0.491 e. The first-order valence-electron chi connectivity index (χ1n) is 7.69. The third kappa shape index (κ3) is 5.20. The minimum atomic E-state index is -0.547. The van der Waals surface area contributed by atoms with Crippen LogP contribution in [-0.2, 0) is 4.74 Å². The summed E-state index contributed by atoms with van der Waals surface area (Å²) in [6.07, 6.45) is -0.801. The molecule has 22 heavy (non-hydrogen) atoms. The summed E-state index contributed by atoms with van der Waals surface area (Å²) in [5, 5.41) is 10.1. The highest BCUT2D eigenvalue weighted by atomic mass is 16.6. The van der Waals surface area contributed by atoms with Gasteiger partial charge in [0.1, 0.15) is 18.5 Å². The van der Waals surface area contributed by atoms with Crippen LogP contribution in [0.25, 0.3) is 0 Å². The van der Waals surface area contributed by atoms with Crippen molar-refractivity contribution >= 4 is 6.09 Å². The van der Waals surface area contributed by atoms with E-state index in [0.29, 0.717) is 26.2 Å². The molecule has 2 rings (SSSR count). The van der Waals surface area contributed by atoms with Crippen molar-refractivity contribution in [1.29, 1.82) is 0 Å². The summed E-state index contributed by atoms with van der Waals surface area (Å²) in [6.45, 7) is 5.75. The van der Waals surface area contributed by atoms with E-state index >= 15 is 0 Å². The van der Waals surface area contributed by atoms with Gasteiger partial charge in [-0.15, -0.1) is 0 Å². The molecule has 1 aromatic carbocycles. The zero-order chi connectivity index (χ0) is 15.8. The van der Waals surface area contributed by atoms with Crippen molar-refractivity contribution < 1.29 is 19.4 Å². The molecular formula is C16H24N2O4. The fourth-order valence-corrected chi connectivity index (χ4v) is 2.39. The lowest BCUT2D eigenvalue weighted by Crippen LogP contribution is -2.51. The molecule has 0 unspecified atom stereocenters. The maximum absolute atomic E-state index is 11.6. The van der Waals surface area contributed by atoms with Crippen LogP contribution in [0.2, 0.25) is 0 Å². The molecule has 1 aliphatic rings. The molecule has 1 saturated heterocycles. The number of aliphatic hydroxyl groups is 1. The van der Waals surface area contributed by atoms with E-state index in [0.717, 1.165) is 18.8 Å². The number of nitrogens with zero attached hydrogens (tertiary/aromatic N) is 2. The minimum absolute atomic E-state index is 0.255. The highest BCUT2D eigenvalue weighted by Gasteiger charge is 2.23. The van der Waals surface area contributed by atoms with Crippen LogP contribution >= 0.6 is 0 Å². The van der Waals surface area contributed by atoms with Crippen LogP contribution in [0.5, 0.6) is 5.75 Å². The Balaban J connectivity index is 1.66. The van der Waals surface area contributed by atoms with E-state index in [4.69, 9.17) is 9.47 Å². The van der Waals surface area contributed by atoms with Gasteiger partial charge in [0.2, 0.25) is 0 Å². The number of benzene rings is 1. The number of ether oxygens (including phenoxy) is 2.